The zero-order chi connectivity index (χ0) is 16.3. The number of benzene rings is 1. The second-order valence-electron chi connectivity index (χ2n) is 5.11. The van der Waals surface area contributed by atoms with Crippen LogP contribution in [0.5, 0.6) is 0 Å². The van der Waals surface area contributed by atoms with Crippen molar-refractivity contribution in [3.8, 4) is 0 Å². The number of carbonyl (C=O) groups is 1. The number of nitrogens with one attached hydrogen (secondary N) is 1. The Bertz CT molecular complexity index is 669. The van der Waals surface area contributed by atoms with Gasteiger partial charge in [0.1, 0.15) is 0 Å². The van der Waals surface area contributed by atoms with E-state index in [1.807, 2.05) is 7.05 Å². The summed E-state index contributed by atoms with van der Waals surface area (Å²) in [5.41, 5.74) is 0.307. The van der Waals surface area contributed by atoms with E-state index in [2.05, 4.69) is 26.0 Å². The minimum atomic E-state index is -3.60. The molecule has 1 heterocycles. The first-order valence-corrected chi connectivity index (χ1v) is 9.19. The first-order valence-electron chi connectivity index (χ1n) is 6.96. The number of likely N-dealkylation sites (N-methyl/N-ethyl adjacent to an activating group) is 1. The highest BCUT2D eigenvalue weighted by Crippen LogP contribution is 2.31. The third-order valence-electron chi connectivity index (χ3n) is 3.70. The van der Waals surface area contributed by atoms with E-state index in [9.17, 15) is 13.2 Å². The second kappa shape index (κ2) is 8.43. The first kappa shape index (κ1) is 20.4. The molecule has 0 spiro atoms. The van der Waals surface area contributed by atoms with E-state index in [1.165, 1.54) is 29.6 Å². The topological polar surface area (TPSA) is 75.7 Å². The SMILES string of the molecule is CNCC1CCCN1S(=O)(=O)c1ccc(C(=O)OC)cc1Br.Cl. The van der Waals surface area contributed by atoms with Gasteiger partial charge in [0.25, 0.3) is 0 Å². The molecule has 1 unspecified atom stereocenters. The predicted molar refractivity (Wildman–Crippen MR) is 93.6 cm³/mol. The van der Waals surface area contributed by atoms with E-state index in [1.54, 1.807) is 0 Å². The number of hydrogen-bond donors (Lipinski definition) is 1. The van der Waals surface area contributed by atoms with Gasteiger partial charge in [0.15, 0.2) is 0 Å². The Kier molecular flexibility index (Phi) is 7.47. The van der Waals surface area contributed by atoms with E-state index in [-0.39, 0.29) is 23.3 Å². The van der Waals surface area contributed by atoms with Crippen molar-refractivity contribution < 1.29 is 17.9 Å². The number of hydrogen-bond acceptors (Lipinski definition) is 5. The van der Waals surface area contributed by atoms with Crippen molar-refractivity contribution >= 4 is 44.3 Å². The molecule has 9 heteroatoms. The fourth-order valence-corrected chi connectivity index (χ4v) is 5.38. The van der Waals surface area contributed by atoms with Crippen LogP contribution in [-0.4, -0.2) is 52.0 Å². The van der Waals surface area contributed by atoms with Crippen molar-refractivity contribution in [2.45, 2.75) is 23.8 Å². The van der Waals surface area contributed by atoms with Gasteiger partial charge in [-0.15, -0.1) is 12.4 Å². The minimum absolute atomic E-state index is 0. The van der Waals surface area contributed by atoms with Crippen LogP contribution in [0.1, 0.15) is 23.2 Å². The monoisotopic (exact) mass is 426 g/mol. The molecule has 0 saturated carbocycles. The minimum Gasteiger partial charge on any atom is -0.465 e. The molecule has 1 atom stereocenters. The molecule has 0 aliphatic carbocycles. The maximum Gasteiger partial charge on any atom is 0.337 e. The van der Waals surface area contributed by atoms with Crippen LogP contribution in [0.15, 0.2) is 27.6 Å². The summed E-state index contributed by atoms with van der Waals surface area (Å²) >= 11 is 3.26. The van der Waals surface area contributed by atoms with Crippen LogP contribution in [0.3, 0.4) is 0 Å². The maximum absolute atomic E-state index is 12.8. The van der Waals surface area contributed by atoms with Crippen LogP contribution in [0.2, 0.25) is 0 Å². The first-order chi connectivity index (χ1) is 10.4. The van der Waals surface area contributed by atoms with Crippen molar-refractivity contribution in [1.29, 1.82) is 0 Å². The Morgan fingerprint density at radius 3 is 2.74 bits per heavy atom. The van der Waals surface area contributed by atoms with Crippen molar-refractivity contribution in [1.82, 2.24) is 9.62 Å². The van der Waals surface area contributed by atoms with E-state index in [4.69, 9.17) is 0 Å². The number of methoxy groups -OCH3 is 1. The highest BCUT2D eigenvalue weighted by atomic mass is 79.9. The number of ether oxygens (including phenoxy) is 1. The molecule has 130 valence electrons. The van der Waals surface area contributed by atoms with Crippen LogP contribution in [0.25, 0.3) is 0 Å². The van der Waals surface area contributed by atoms with Gasteiger partial charge in [-0.1, -0.05) is 0 Å². The predicted octanol–water partition coefficient (Wildman–Crippen LogP) is 2.03. The van der Waals surface area contributed by atoms with Crippen LogP contribution in [-0.2, 0) is 14.8 Å². The van der Waals surface area contributed by atoms with Crippen LogP contribution in [0.4, 0.5) is 0 Å². The highest BCUT2D eigenvalue weighted by Gasteiger charge is 2.35. The summed E-state index contributed by atoms with van der Waals surface area (Å²) < 4.78 is 32.2. The average Bonchev–Trinajstić information content (AvgIpc) is 2.95. The number of sulfonamides is 1. The maximum atomic E-state index is 12.8. The molecule has 0 bridgehead atoms. The summed E-state index contributed by atoms with van der Waals surface area (Å²) in [6.07, 6.45) is 1.70. The van der Waals surface area contributed by atoms with Gasteiger partial charge < -0.3 is 10.1 Å². The lowest BCUT2D eigenvalue weighted by atomic mass is 10.2. The van der Waals surface area contributed by atoms with E-state index >= 15 is 0 Å². The van der Waals surface area contributed by atoms with Crippen molar-refractivity contribution in [2.75, 3.05) is 27.2 Å². The molecule has 0 radical (unpaired) electrons. The Balaban J connectivity index is 0.00000264. The number of halogens is 2. The standard InChI is InChI=1S/C14H19BrN2O4S.ClH/c1-16-9-11-4-3-7-17(11)22(19,20)13-6-5-10(8-12(13)15)14(18)21-2;/h5-6,8,11,16H,3-4,7,9H2,1-2H3;1H. The van der Waals surface area contributed by atoms with Crippen LogP contribution in [0, 0.1) is 0 Å². The molecule has 0 aromatic heterocycles. The zero-order valence-corrected chi connectivity index (χ0v) is 16.1. The van der Waals surface area contributed by atoms with Crippen LogP contribution >= 0.6 is 28.3 Å². The molecule has 2 rings (SSSR count). The fraction of sp³-hybridized carbons (Fsp3) is 0.500. The zero-order valence-electron chi connectivity index (χ0n) is 12.9. The number of nitrogens with zero attached hydrogens (tertiary/aromatic N) is 1. The average molecular weight is 428 g/mol. The van der Waals surface area contributed by atoms with Gasteiger partial charge in [0, 0.05) is 23.6 Å². The molecule has 1 aliphatic heterocycles. The van der Waals surface area contributed by atoms with Gasteiger partial charge in [0.2, 0.25) is 10.0 Å². The second-order valence-corrected chi connectivity index (χ2v) is 7.82. The molecule has 1 fully saturated rings. The lowest BCUT2D eigenvalue weighted by molar-refractivity contribution is 0.0600. The number of carbonyl (C=O) groups excluding carboxylic acids is 1. The molecular weight excluding hydrogens is 408 g/mol. The molecular formula is C14H20BrClN2O4S. The molecule has 1 aromatic rings. The molecule has 0 amide bonds. The van der Waals surface area contributed by atoms with E-state index in [0.29, 0.717) is 23.1 Å². The number of rotatable bonds is 5. The fourth-order valence-electron chi connectivity index (χ4n) is 2.65. The Morgan fingerprint density at radius 2 is 2.17 bits per heavy atom. The summed E-state index contributed by atoms with van der Waals surface area (Å²) in [6, 6.07) is 4.34. The third kappa shape index (κ3) is 4.24. The van der Waals surface area contributed by atoms with Gasteiger partial charge in [-0.05, 0) is 54.0 Å². The van der Waals surface area contributed by atoms with Gasteiger partial charge in [-0.3, -0.25) is 0 Å². The molecule has 1 N–H and O–H groups in total. The van der Waals surface area contributed by atoms with E-state index < -0.39 is 16.0 Å². The van der Waals surface area contributed by atoms with Gasteiger partial charge in [-0.25, -0.2) is 13.2 Å². The molecule has 1 aromatic carbocycles. The smallest absolute Gasteiger partial charge is 0.337 e. The highest BCUT2D eigenvalue weighted by molar-refractivity contribution is 9.10. The molecule has 6 nitrogen and oxygen atoms in total. The summed E-state index contributed by atoms with van der Waals surface area (Å²) in [5, 5.41) is 3.03. The lowest BCUT2D eigenvalue weighted by Gasteiger charge is -2.24. The molecule has 1 saturated heterocycles. The van der Waals surface area contributed by atoms with E-state index in [0.717, 1.165) is 12.8 Å². The van der Waals surface area contributed by atoms with Gasteiger partial charge >= 0.3 is 5.97 Å². The van der Waals surface area contributed by atoms with Crippen molar-refractivity contribution in [2.24, 2.45) is 0 Å². The third-order valence-corrected chi connectivity index (χ3v) is 6.63. The Hall–Kier alpha value is -0.670. The summed E-state index contributed by atoms with van der Waals surface area (Å²) in [5.74, 6) is -0.501. The van der Waals surface area contributed by atoms with Crippen molar-refractivity contribution in [3.63, 3.8) is 0 Å². The summed E-state index contributed by atoms with van der Waals surface area (Å²) in [7, 11) is -0.501. The van der Waals surface area contributed by atoms with Gasteiger partial charge in [0.05, 0.1) is 17.6 Å². The van der Waals surface area contributed by atoms with Crippen LogP contribution < -0.4 is 5.32 Å². The largest absolute Gasteiger partial charge is 0.465 e. The Labute approximate surface area is 151 Å². The molecule has 1 aliphatic rings. The summed E-state index contributed by atoms with van der Waals surface area (Å²) in [4.78, 5) is 11.7. The normalized spacial score (nSPS) is 18.5. The summed E-state index contributed by atoms with van der Waals surface area (Å²) in [6.45, 7) is 1.14. The van der Waals surface area contributed by atoms with Crippen molar-refractivity contribution in [3.05, 3.63) is 28.2 Å². The Morgan fingerprint density at radius 1 is 1.48 bits per heavy atom. The molecule has 23 heavy (non-hydrogen) atoms. The number of esters is 1. The lowest BCUT2D eigenvalue weighted by Crippen LogP contribution is -2.40. The van der Waals surface area contributed by atoms with Gasteiger partial charge in [-0.2, -0.15) is 4.31 Å². The quantitative estimate of drug-likeness (QED) is 0.728.